The van der Waals surface area contributed by atoms with Gasteiger partial charge in [-0.2, -0.15) is 0 Å². The Kier molecular flexibility index (Phi) is 7.46. The molecule has 2 aliphatic rings. The van der Waals surface area contributed by atoms with Gasteiger partial charge in [-0.25, -0.2) is 8.78 Å². The van der Waals surface area contributed by atoms with Crippen LogP contribution in [0, 0.1) is 48.2 Å². The van der Waals surface area contributed by atoms with Crippen LogP contribution in [-0.4, -0.2) is 0 Å². The van der Waals surface area contributed by atoms with Crippen molar-refractivity contribution in [2.75, 3.05) is 0 Å². The van der Waals surface area contributed by atoms with Crippen LogP contribution in [-0.2, 0) is 0 Å². The Hall–Kier alpha value is -2.40. The Morgan fingerprint density at radius 2 is 1.62 bits per heavy atom. The number of fused-ring (bicyclic) bond motifs is 1. The molecule has 0 aromatic heterocycles. The highest BCUT2D eigenvalue weighted by atomic mass is 19.2. The van der Waals surface area contributed by atoms with Crippen LogP contribution in [0.5, 0.6) is 0 Å². The summed E-state index contributed by atoms with van der Waals surface area (Å²) in [4.78, 5) is 0. The van der Waals surface area contributed by atoms with Crippen molar-refractivity contribution in [2.45, 2.75) is 71.1 Å². The van der Waals surface area contributed by atoms with Gasteiger partial charge in [0.15, 0.2) is 11.6 Å². The molecule has 168 valence electrons. The van der Waals surface area contributed by atoms with Crippen molar-refractivity contribution < 1.29 is 8.78 Å². The van der Waals surface area contributed by atoms with Gasteiger partial charge in [-0.3, -0.25) is 0 Å². The third-order valence-electron chi connectivity index (χ3n) is 7.64. The van der Waals surface area contributed by atoms with Crippen molar-refractivity contribution in [2.24, 2.45) is 17.8 Å². The summed E-state index contributed by atoms with van der Waals surface area (Å²) in [6.07, 6.45) is 13.8. The number of hydrogen-bond acceptors (Lipinski definition) is 0. The topological polar surface area (TPSA) is 0 Å². The Bertz CT molecular complexity index is 1010. The Labute approximate surface area is 192 Å². The first-order valence-corrected chi connectivity index (χ1v) is 12.2. The second-order valence-corrected chi connectivity index (χ2v) is 9.80. The third-order valence-corrected chi connectivity index (χ3v) is 7.64. The second kappa shape index (κ2) is 10.5. The van der Waals surface area contributed by atoms with E-state index in [0.717, 1.165) is 42.2 Å². The molecule has 2 heteroatoms. The van der Waals surface area contributed by atoms with E-state index < -0.39 is 11.6 Å². The predicted octanol–water partition coefficient (Wildman–Crippen LogP) is 8.33. The predicted molar refractivity (Wildman–Crippen MR) is 128 cm³/mol. The highest BCUT2D eigenvalue weighted by Gasteiger charge is 2.36. The SMILES string of the molecule is C/C=C/CCC1CCC2CC(c3ccc(C#Cc4ccc(C)cc4)c(F)c3F)CCC2C1. The van der Waals surface area contributed by atoms with Crippen molar-refractivity contribution in [3.05, 3.63) is 82.4 Å². The lowest BCUT2D eigenvalue weighted by Crippen LogP contribution is -2.30. The highest BCUT2D eigenvalue weighted by molar-refractivity contribution is 5.45. The summed E-state index contributed by atoms with van der Waals surface area (Å²) >= 11 is 0. The molecule has 0 bridgehead atoms. The minimum Gasteiger partial charge on any atom is -0.203 e. The van der Waals surface area contributed by atoms with E-state index in [9.17, 15) is 4.39 Å². The van der Waals surface area contributed by atoms with Crippen LogP contribution < -0.4 is 0 Å². The van der Waals surface area contributed by atoms with Crippen LogP contribution in [0.4, 0.5) is 8.78 Å². The first kappa shape index (κ1) is 22.8. The fraction of sp³-hybridized carbons (Fsp3) is 0.467. The van der Waals surface area contributed by atoms with Crippen LogP contribution >= 0.6 is 0 Å². The summed E-state index contributed by atoms with van der Waals surface area (Å²) in [7, 11) is 0. The molecule has 4 rings (SSSR count). The maximum absolute atomic E-state index is 15.0. The van der Waals surface area contributed by atoms with E-state index in [0.29, 0.717) is 11.5 Å². The average Bonchev–Trinajstić information content (AvgIpc) is 2.81. The van der Waals surface area contributed by atoms with Crippen LogP contribution in [0.2, 0.25) is 0 Å². The number of hydrogen-bond donors (Lipinski definition) is 0. The lowest BCUT2D eigenvalue weighted by molar-refractivity contribution is 0.114. The molecule has 2 aliphatic carbocycles. The molecule has 2 saturated carbocycles. The number of allylic oxidation sites excluding steroid dienone is 2. The zero-order valence-corrected chi connectivity index (χ0v) is 19.3. The number of rotatable bonds is 4. The Morgan fingerprint density at radius 3 is 2.41 bits per heavy atom. The van der Waals surface area contributed by atoms with E-state index >= 15 is 4.39 Å². The molecule has 2 aromatic carbocycles. The van der Waals surface area contributed by atoms with Crippen molar-refractivity contribution in [3.63, 3.8) is 0 Å². The third kappa shape index (κ3) is 5.32. The number of benzene rings is 2. The van der Waals surface area contributed by atoms with Gasteiger partial charge in [-0.15, -0.1) is 0 Å². The van der Waals surface area contributed by atoms with Gasteiger partial charge in [0.1, 0.15) is 0 Å². The zero-order chi connectivity index (χ0) is 22.5. The molecule has 2 fully saturated rings. The summed E-state index contributed by atoms with van der Waals surface area (Å²) < 4.78 is 29.9. The molecule has 0 N–H and O–H groups in total. The van der Waals surface area contributed by atoms with Crippen LogP contribution in [0.25, 0.3) is 0 Å². The van der Waals surface area contributed by atoms with E-state index in [1.54, 1.807) is 12.1 Å². The molecule has 0 amide bonds. The van der Waals surface area contributed by atoms with Crippen molar-refractivity contribution in [3.8, 4) is 11.8 Å². The minimum absolute atomic E-state index is 0.129. The summed E-state index contributed by atoms with van der Waals surface area (Å²) in [6.45, 7) is 4.10. The molecule has 0 nitrogen and oxygen atoms in total. The molecule has 0 heterocycles. The molecule has 0 radical (unpaired) electrons. The molecule has 2 aromatic rings. The molecule has 0 spiro atoms. The monoisotopic (exact) mass is 432 g/mol. The van der Waals surface area contributed by atoms with Gasteiger partial charge in [0.05, 0.1) is 5.56 Å². The molecule has 0 aliphatic heterocycles. The molecular formula is C30H34F2. The summed E-state index contributed by atoms with van der Waals surface area (Å²) in [5.41, 5.74) is 2.65. The summed E-state index contributed by atoms with van der Waals surface area (Å²) in [6, 6.07) is 11.2. The number of aryl methyl sites for hydroxylation is 1. The van der Waals surface area contributed by atoms with Crippen LogP contribution in [0.1, 0.15) is 86.5 Å². The Balaban J connectivity index is 1.42. The molecular weight excluding hydrogens is 398 g/mol. The van der Waals surface area contributed by atoms with Gasteiger partial charge in [-0.1, -0.05) is 54.2 Å². The molecule has 4 unspecified atom stereocenters. The fourth-order valence-corrected chi connectivity index (χ4v) is 5.78. The van der Waals surface area contributed by atoms with Gasteiger partial charge in [-0.05, 0) is 106 Å². The molecule has 32 heavy (non-hydrogen) atoms. The lowest BCUT2D eigenvalue weighted by atomic mass is 9.63. The second-order valence-electron chi connectivity index (χ2n) is 9.80. The smallest absolute Gasteiger partial charge is 0.174 e. The van der Waals surface area contributed by atoms with Crippen LogP contribution in [0.15, 0.2) is 48.6 Å². The van der Waals surface area contributed by atoms with Crippen molar-refractivity contribution in [1.82, 2.24) is 0 Å². The quantitative estimate of drug-likeness (QED) is 0.336. The van der Waals surface area contributed by atoms with Gasteiger partial charge in [0.25, 0.3) is 0 Å². The maximum atomic E-state index is 15.0. The lowest BCUT2D eigenvalue weighted by Gasteiger charge is -2.42. The van der Waals surface area contributed by atoms with Crippen LogP contribution in [0.3, 0.4) is 0 Å². The van der Waals surface area contributed by atoms with E-state index in [2.05, 4.69) is 30.9 Å². The standard InChI is InChI=1S/C30H34F2/c1-3-4-5-6-23-12-14-26-20-27(16-15-25(26)19-23)28-18-17-24(29(31)30(28)32)13-11-22-9-7-21(2)8-10-22/h3-4,7-10,17-18,23,25-27H,5-6,12,14-16,19-20H2,1-2H3/b4-3+. The van der Waals surface area contributed by atoms with Crippen molar-refractivity contribution in [1.29, 1.82) is 0 Å². The van der Waals surface area contributed by atoms with Gasteiger partial charge in [0.2, 0.25) is 0 Å². The van der Waals surface area contributed by atoms with E-state index in [4.69, 9.17) is 0 Å². The molecule has 0 saturated heterocycles. The van der Waals surface area contributed by atoms with Gasteiger partial charge < -0.3 is 0 Å². The first-order valence-electron chi connectivity index (χ1n) is 12.2. The number of halogens is 2. The van der Waals surface area contributed by atoms with Gasteiger partial charge >= 0.3 is 0 Å². The van der Waals surface area contributed by atoms with E-state index in [1.807, 2.05) is 31.2 Å². The van der Waals surface area contributed by atoms with E-state index in [-0.39, 0.29) is 11.5 Å². The highest BCUT2D eigenvalue weighted by Crippen LogP contribution is 2.48. The Morgan fingerprint density at radius 1 is 0.875 bits per heavy atom. The summed E-state index contributed by atoms with van der Waals surface area (Å²) in [5.74, 6) is 6.69. The zero-order valence-electron chi connectivity index (χ0n) is 19.3. The molecule has 4 atom stereocenters. The first-order chi connectivity index (χ1) is 15.5. The normalized spacial score (nSPS) is 25.2. The summed E-state index contributed by atoms with van der Waals surface area (Å²) in [5, 5.41) is 0. The fourth-order valence-electron chi connectivity index (χ4n) is 5.78. The van der Waals surface area contributed by atoms with Gasteiger partial charge in [0, 0.05) is 5.56 Å². The maximum Gasteiger partial charge on any atom is 0.174 e. The average molecular weight is 433 g/mol. The largest absolute Gasteiger partial charge is 0.203 e. The van der Waals surface area contributed by atoms with E-state index in [1.165, 1.54) is 32.1 Å². The van der Waals surface area contributed by atoms with Crippen molar-refractivity contribution >= 4 is 0 Å². The minimum atomic E-state index is -0.795.